The minimum absolute atomic E-state index is 0.114. The molecule has 3 aromatic rings. The molecule has 11 nitrogen and oxygen atoms in total. The van der Waals surface area contributed by atoms with Crippen molar-refractivity contribution >= 4 is 28.7 Å². The van der Waals surface area contributed by atoms with Gasteiger partial charge in [-0.1, -0.05) is 0 Å². The summed E-state index contributed by atoms with van der Waals surface area (Å²) in [7, 11) is 1.59. The second-order valence-corrected chi connectivity index (χ2v) is 7.74. The van der Waals surface area contributed by atoms with Gasteiger partial charge in [0.2, 0.25) is 0 Å². The van der Waals surface area contributed by atoms with E-state index in [9.17, 15) is 14.9 Å². The average Bonchev–Trinajstić information content (AvgIpc) is 3.56. The first-order valence-electron chi connectivity index (χ1n) is 10.9. The highest BCUT2D eigenvalue weighted by Gasteiger charge is 2.34. The minimum atomic E-state index is -0.512. The number of methoxy groups -OCH3 is 1. The van der Waals surface area contributed by atoms with Crippen LogP contribution in [0.1, 0.15) is 23.8 Å². The largest absolute Gasteiger partial charge is 0.497 e. The molecule has 3 N–H and O–H groups in total. The van der Waals surface area contributed by atoms with E-state index in [0.29, 0.717) is 23.6 Å². The van der Waals surface area contributed by atoms with Crippen molar-refractivity contribution in [1.29, 1.82) is 0 Å². The molecule has 1 atom stereocenters. The Morgan fingerprint density at radius 2 is 2.03 bits per heavy atom. The van der Waals surface area contributed by atoms with Crippen LogP contribution in [0.5, 0.6) is 5.75 Å². The van der Waals surface area contributed by atoms with Crippen molar-refractivity contribution in [3.05, 3.63) is 82.3 Å². The van der Waals surface area contributed by atoms with Gasteiger partial charge in [-0.05, 0) is 48.0 Å². The zero-order valence-corrected chi connectivity index (χ0v) is 19.0. The van der Waals surface area contributed by atoms with Gasteiger partial charge in [0, 0.05) is 25.1 Å². The number of nitro groups is 1. The predicted molar refractivity (Wildman–Crippen MR) is 130 cm³/mol. The number of aliphatic hydroxyl groups excluding tert-OH is 1. The normalized spacial score (nSPS) is 15.0. The fourth-order valence-electron chi connectivity index (χ4n) is 3.79. The molecular weight excluding hydrogens is 454 g/mol. The molecule has 1 unspecified atom stereocenters. The molecule has 0 saturated carbocycles. The zero-order valence-electron chi connectivity index (χ0n) is 19.0. The Bertz CT molecular complexity index is 1210. The fourth-order valence-corrected chi connectivity index (χ4v) is 3.79. The number of carbonyl (C=O) groups excluding carboxylic acids is 1. The summed E-state index contributed by atoms with van der Waals surface area (Å²) in [4.78, 5) is 24.0. The maximum Gasteiger partial charge on any atom is 0.271 e. The van der Waals surface area contributed by atoms with E-state index in [1.165, 1.54) is 23.2 Å². The number of amides is 1. The highest BCUT2D eigenvalue weighted by atomic mass is 16.6. The molecular formula is C24H25N5O6. The number of benzene rings is 2. The Morgan fingerprint density at radius 1 is 1.23 bits per heavy atom. The van der Waals surface area contributed by atoms with E-state index >= 15 is 0 Å². The smallest absolute Gasteiger partial charge is 0.271 e. The molecule has 4 rings (SSSR count). The Labute approximate surface area is 201 Å². The third-order valence-electron chi connectivity index (χ3n) is 5.53. The predicted octanol–water partition coefficient (Wildman–Crippen LogP) is 3.39. The molecule has 1 aromatic heterocycles. The van der Waals surface area contributed by atoms with Crippen LogP contribution in [0.3, 0.4) is 0 Å². The molecule has 1 aliphatic heterocycles. The molecule has 0 radical (unpaired) electrons. The lowest BCUT2D eigenvalue weighted by Gasteiger charge is -2.21. The molecule has 2 aromatic carbocycles. The van der Waals surface area contributed by atoms with Crippen LogP contribution in [-0.2, 0) is 4.79 Å². The van der Waals surface area contributed by atoms with Gasteiger partial charge >= 0.3 is 0 Å². The summed E-state index contributed by atoms with van der Waals surface area (Å²) in [5.41, 5.74) is 2.37. The number of carbonyl (C=O) groups is 1. The third kappa shape index (κ3) is 5.41. The van der Waals surface area contributed by atoms with Crippen LogP contribution < -0.4 is 15.4 Å². The van der Waals surface area contributed by atoms with Gasteiger partial charge in [0.15, 0.2) is 0 Å². The molecule has 0 bridgehead atoms. The lowest BCUT2D eigenvalue weighted by atomic mass is 10.0. The number of hydrogen-bond donors (Lipinski definition) is 3. The SMILES string of the molecule is COc1ccc(C2=NN(C(=O)CNc3cc([N+](=O)[O-])ccc3NCCO)C(c3ccco3)C2)cc1. The maximum atomic E-state index is 13.2. The summed E-state index contributed by atoms with van der Waals surface area (Å²) in [5.74, 6) is 0.982. The van der Waals surface area contributed by atoms with E-state index in [1.54, 1.807) is 25.5 Å². The first-order valence-corrected chi connectivity index (χ1v) is 10.9. The van der Waals surface area contributed by atoms with Gasteiger partial charge in [0.05, 0.1) is 48.5 Å². The van der Waals surface area contributed by atoms with Crippen molar-refractivity contribution < 1.29 is 24.0 Å². The number of ether oxygens (including phenoxy) is 1. The van der Waals surface area contributed by atoms with E-state index in [0.717, 1.165) is 17.0 Å². The molecule has 0 spiro atoms. The highest BCUT2D eigenvalue weighted by molar-refractivity contribution is 6.03. The lowest BCUT2D eigenvalue weighted by Crippen LogP contribution is -2.32. The second kappa shape index (κ2) is 10.7. The van der Waals surface area contributed by atoms with Crippen LogP contribution in [0.15, 0.2) is 70.4 Å². The van der Waals surface area contributed by atoms with E-state index in [1.807, 2.05) is 24.3 Å². The summed E-state index contributed by atoms with van der Waals surface area (Å²) in [6.07, 6.45) is 2.01. The van der Waals surface area contributed by atoms with Crippen LogP contribution in [-0.4, -0.2) is 53.5 Å². The number of anilines is 2. The third-order valence-corrected chi connectivity index (χ3v) is 5.53. The van der Waals surface area contributed by atoms with E-state index in [-0.39, 0.29) is 31.3 Å². The number of nitro benzene ring substituents is 1. The van der Waals surface area contributed by atoms with Crippen molar-refractivity contribution in [2.24, 2.45) is 5.10 Å². The first kappa shape index (κ1) is 23.8. The van der Waals surface area contributed by atoms with Gasteiger partial charge in [0.1, 0.15) is 17.6 Å². The number of aliphatic hydroxyl groups is 1. The monoisotopic (exact) mass is 479 g/mol. The van der Waals surface area contributed by atoms with Crippen LogP contribution in [0, 0.1) is 10.1 Å². The molecule has 0 fully saturated rings. The van der Waals surface area contributed by atoms with Gasteiger partial charge in [0.25, 0.3) is 11.6 Å². The number of nitrogens with one attached hydrogen (secondary N) is 2. The number of non-ortho nitro benzene ring substituents is 1. The number of hydrogen-bond acceptors (Lipinski definition) is 9. The van der Waals surface area contributed by atoms with Crippen LogP contribution in [0.25, 0.3) is 0 Å². The number of nitrogens with zero attached hydrogens (tertiary/aromatic N) is 3. The molecule has 1 aliphatic rings. The van der Waals surface area contributed by atoms with Gasteiger partial charge in [-0.25, -0.2) is 5.01 Å². The second-order valence-electron chi connectivity index (χ2n) is 7.74. The Kier molecular flexibility index (Phi) is 7.27. The molecule has 182 valence electrons. The van der Waals surface area contributed by atoms with E-state index in [2.05, 4.69) is 15.7 Å². The average molecular weight is 479 g/mol. The van der Waals surface area contributed by atoms with Crippen molar-refractivity contribution in [3.63, 3.8) is 0 Å². The van der Waals surface area contributed by atoms with Crippen molar-refractivity contribution in [2.45, 2.75) is 12.5 Å². The van der Waals surface area contributed by atoms with E-state index in [4.69, 9.17) is 14.3 Å². The van der Waals surface area contributed by atoms with Gasteiger partial charge in [-0.3, -0.25) is 14.9 Å². The number of hydrazone groups is 1. The quantitative estimate of drug-likeness (QED) is 0.297. The standard InChI is InChI=1S/C24H25N5O6/c1-34-18-7-4-16(5-8-18)20-14-22(23-3-2-12-35-23)28(27-20)24(31)15-26-21-13-17(29(32)33)6-9-19(21)25-10-11-30/h2-9,12-13,22,25-26,30H,10-11,14-15H2,1H3. The summed E-state index contributed by atoms with van der Waals surface area (Å²) in [6.45, 7) is -0.0228. The Balaban J connectivity index is 1.56. The minimum Gasteiger partial charge on any atom is -0.497 e. The van der Waals surface area contributed by atoms with E-state index < -0.39 is 11.0 Å². The van der Waals surface area contributed by atoms with Crippen LogP contribution in [0.4, 0.5) is 17.1 Å². The summed E-state index contributed by atoms with van der Waals surface area (Å²) in [5, 5.41) is 32.2. The maximum absolute atomic E-state index is 13.2. The molecule has 2 heterocycles. The summed E-state index contributed by atoms with van der Waals surface area (Å²) < 4.78 is 10.8. The zero-order chi connectivity index (χ0) is 24.8. The summed E-state index contributed by atoms with van der Waals surface area (Å²) in [6, 6.07) is 14.8. The van der Waals surface area contributed by atoms with Crippen LogP contribution in [0.2, 0.25) is 0 Å². The summed E-state index contributed by atoms with van der Waals surface area (Å²) >= 11 is 0. The highest BCUT2D eigenvalue weighted by Crippen LogP contribution is 2.34. The first-order chi connectivity index (χ1) is 17.0. The van der Waals surface area contributed by atoms with Gasteiger partial charge in [-0.15, -0.1) is 0 Å². The lowest BCUT2D eigenvalue weighted by molar-refractivity contribution is -0.384. The molecule has 11 heteroatoms. The van der Waals surface area contributed by atoms with Crippen molar-refractivity contribution in [1.82, 2.24) is 5.01 Å². The Hall–Kier alpha value is -4.38. The number of furan rings is 1. The van der Waals surface area contributed by atoms with Gasteiger partial charge in [-0.2, -0.15) is 5.10 Å². The number of rotatable bonds is 10. The molecule has 0 aliphatic carbocycles. The molecule has 1 amide bonds. The fraction of sp³-hybridized carbons (Fsp3) is 0.250. The van der Waals surface area contributed by atoms with Crippen molar-refractivity contribution in [3.8, 4) is 5.75 Å². The topological polar surface area (TPSA) is 142 Å². The molecule has 35 heavy (non-hydrogen) atoms. The van der Waals surface area contributed by atoms with Crippen molar-refractivity contribution in [2.75, 3.05) is 37.4 Å². The van der Waals surface area contributed by atoms with Crippen LogP contribution >= 0.6 is 0 Å². The van der Waals surface area contributed by atoms with Gasteiger partial charge < -0.3 is 24.9 Å². The molecule has 0 saturated heterocycles. The Morgan fingerprint density at radius 3 is 2.69 bits per heavy atom.